The van der Waals surface area contributed by atoms with Crippen molar-refractivity contribution in [1.82, 2.24) is 15.1 Å². The maximum Gasteiger partial charge on any atom is 0.233 e. The molecule has 0 spiro atoms. The normalized spacial score (nSPS) is 11.1. The Bertz CT molecular complexity index is 1390. The lowest BCUT2D eigenvalue weighted by atomic mass is 10.1. The van der Waals surface area contributed by atoms with Crippen LogP contribution in [0.5, 0.6) is 0 Å². The zero-order valence-corrected chi connectivity index (χ0v) is 19.3. The Morgan fingerprint density at radius 1 is 1.00 bits per heavy atom. The fourth-order valence-electron chi connectivity index (χ4n) is 3.60. The molecule has 3 aromatic carbocycles. The Kier molecular flexibility index (Phi) is 6.14. The zero-order valence-electron chi connectivity index (χ0n) is 18.4. The number of amides is 1. The lowest BCUT2D eigenvalue weighted by Gasteiger charge is -2.20. The molecular formula is C26H21FN4O2S. The number of halogens is 1. The molecule has 0 saturated carbocycles. The lowest BCUT2D eigenvalue weighted by molar-refractivity contribution is -0.117. The van der Waals surface area contributed by atoms with Crippen LogP contribution in [-0.4, -0.2) is 21.0 Å². The number of carbonyl (C=O) groups excluding carboxylic acids is 1. The summed E-state index contributed by atoms with van der Waals surface area (Å²) in [5, 5.41) is 4.58. The van der Waals surface area contributed by atoms with E-state index in [9.17, 15) is 9.18 Å². The van der Waals surface area contributed by atoms with Gasteiger partial charge in [-0.2, -0.15) is 4.98 Å². The number of thiazole rings is 1. The van der Waals surface area contributed by atoms with Gasteiger partial charge >= 0.3 is 0 Å². The van der Waals surface area contributed by atoms with Crippen LogP contribution in [0.1, 0.15) is 24.8 Å². The third-order valence-corrected chi connectivity index (χ3v) is 6.47. The molecule has 0 bridgehead atoms. The number of para-hydroxylation sites is 1. The fraction of sp³-hybridized carbons (Fsp3) is 0.154. The van der Waals surface area contributed by atoms with Gasteiger partial charge in [-0.05, 0) is 60.5 Å². The van der Waals surface area contributed by atoms with Crippen molar-refractivity contribution in [3.63, 3.8) is 0 Å². The van der Waals surface area contributed by atoms with Gasteiger partial charge in [0.05, 0.1) is 15.9 Å². The molecule has 8 heteroatoms. The van der Waals surface area contributed by atoms with Crippen molar-refractivity contribution < 1.29 is 13.7 Å². The van der Waals surface area contributed by atoms with Crippen molar-refractivity contribution in [1.29, 1.82) is 0 Å². The molecule has 0 unspecified atom stereocenters. The first-order valence-corrected chi connectivity index (χ1v) is 11.8. The van der Waals surface area contributed by atoms with Gasteiger partial charge in [0.25, 0.3) is 0 Å². The number of hydrogen-bond acceptors (Lipinski definition) is 6. The quantitative estimate of drug-likeness (QED) is 0.276. The van der Waals surface area contributed by atoms with Crippen molar-refractivity contribution in [2.75, 3.05) is 4.90 Å². The van der Waals surface area contributed by atoms with E-state index in [0.29, 0.717) is 22.4 Å². The second-order valence-corrected chi connectivity index (χ2v) is 8.74. The summed E-state index contributed by atoms with van der Waals surface area (Å²) in [6.45, 7) is 2.09. The Hall–Kier alpha value is -3.91. The number of nitrogens with zero attached hydrogens (tertiary/aromatic N) is 4. The average Bonchev–Trinajstić information content (AvgIpc) is 3.51. The van der Waals surface area contributed by atoms with Crippen LogP contribution in [0.25, 0.3) is 21.6 Å². The molecule has 1 amide bonds. The maximum atomic E-state index is 13.4. The van der Waals surface area contributed by atoms with Gasteiger partial charge in [-0.1, -0.05) is 47.7 Å². The van der Waals surface area contributed by atoms with Gasteiger partial charge in [0.2, 0.25) is 17.6 Å². The average molecular weight is 473 g/mol. The molecule has 2 aromatic heterocycles. The minimum atomic E-state index is -0.333. The molecule has 0 aliphatic carbocycles. The first kappa shape index (κ1) is 21.9. The molecule has 0 aliphatic rings. The smallest absolute Gasteiger partial charge is 0.233 e. The topological polar surface area (TPSA) is 72.1 Å². The van der Waals surface area contributed by atoms with Crippen LogP contribution >= 0.6 is 11.3 Å². The van der Waals surface area contributed by atoms with E-state index in [1.54, 1.807) is 17.0 Å². The molecule has 170 valence electrons. The molecule has 34 heavy (non-hydrogen) atoms. The monoisotopic (exact) mass is 472 g/mol. The molecule has 5 aromatic rings. The summed E-state index contributed by atoms with van der Waals surface area (Å²) in [5.74, 6) is 0.253. The van der Waals surface area contributed by atoms with E-state index in [4.69, 9.17) is 9.51 Å². The van der Waals surface area contributed by atoms with Crippen LogP contribution in [0, 0.1) is 5.82 Å². The van der Waals surface area contributed by atoms with E-state index in [0.717, 1.165) is 22.3 Å². The third-order valence-electron chi connectivity index (χ3n) is 5.45. The number of carbonyl (C=O) groups is 1. The van der Waals surface area contributed by atoms with E-state index in [-0.39, 0.29) is 24.6 Å². The first-order chi connectivity index (χ1) is 16.6. The third kappa shape index (κ3) is 4.58. The fourth-order valence-corrected chi connectivity index (χ4v) is 4.60. The van der Waals surface area contributed by atoms with Crippen molar-refractivity contribution >= 4 is 38.3 Å². The number of aromatic nitrogens is 3. The van der Waals surface area contributed by atoms with Crippen LogP contribution in [0.3, 0.4) is 0 Å². The Morgan fingerprint density at radius 2 is 1.76 bits per heavy atom. The molecule has 5 rings (SSSR count). The summed E-state index contributed by atoms with van der Waals surface area (Å²) in [5.41, 5.74) is 3.46. The highest BCUT2D eigenvalue weighted by molar-refractivity contribution is 7.22. The molecule has 0 atom stereocenters. The highest BCUT2D eigenvalue weighted by Gasteiger charge is 2.23. The van der Waals surface area contributed by atoms with E-state index in [1.165, 1.54) is 29.0 Å². The number of hydrogen-bond donors (Lipinski definition) is 0. The molecular weight excluding hydrogens is 451 g/mol. The van der Waals surface area contributed by atoms with Crippen molar-refractivity contribution in [2.24, 2.45) is 0 Å². The van der Waals surface area contributed by atoms with Crippen LogP contribution < -0.4 is 4.90 Å². The van der Waals surface area contributed by atoms with E-state index in [2.05, 4.69) is 17.1 Å². The van der Waals surface area contributed by atoms with Gasteiger partial charge in [-0.25, -0.2) is 9.37 Å². The minimum absolute atomic E-state index is 0.121. The van der Waals surface area contributed by atoms with Crippen LogP contribution in [0.15, 0.2) is 77.3 Å². The summed E-state index contributed by atoms with van der Waals surface area (Å²) in [6.07, 6.45) is 1.36. The van der Waals surface area contributed by atoms with E-state index in [1.807, 2.05) is 48.5 Å². The van der Waals surface area contributed by atoms with Crippen molar-refractivity contribution in [3.05, 3.63) is 90.1 Å². The van der Waals surface area contributed by atoms with Gasteiger partial charge in [0, 0.05) is 18.4 Å². The maximum absolute atomic E-state index is 13.4. The number of benzene rings is 3. The molecule has 2 heterocycles. The number of aryl methyl sites for hydroxylation is 2. The second kappa shape index (κ2) is 9.52. The van der Waals surface area contributed by atoms with Crippen molar-refractivity contribution in [3.8, 4) is 11.4 Å². The summed E-state index contributed by atoms with van der Waals surface area (Å²) in [6, 6.07) is 21.6. The van der Waals surface area contributed by atoms with Gasteiger partial charge in [0.15, 0.2) is 5.13 Å². The number of rotatable bonds is 7. The van der Waals surface area contributed by atoms with Crippen LogP contribution in [0.2, 0.25) is 0 Å². The highest BCUT2D eigenvalue weighted by atomic mass is 32.1. The standard InChI is InChI=1S/C26H21FN4O2S/c1-2-17-7-13-20(14-8-17)31(26-28-21-5-3-4-6-22(21)34-26)24(32)16-15-23-29-25(30-33-23)18-9-11-19(27)12-10-18/h3-14H,2,15-16H2,1H3. The molecule has 0 fully saturated rings. The summed E-state index contributed by atoms with van der Waals surface area (Å²) < 4.78 is 19.5. The Balaban J connectivity index is 1.38. The minimum Gasteiger partial charge on any atom is -0.339 e. The van der Waals surface area contributed by atoms with E-state index >= 15 is 0 Å². The van der Waals surface area contributed by atoms with E-state index < -0.39 is 0 Å². The first-order valence-electron chi connectivity index (χ1n) is 11.0. The highest BCUT2D eigenvalue weighted by Crippen LogP contribution is 2.34. The Morgan fingerprint density at radius 3 is 2.50 bits per heavy atom. The Labute approximate surface area is 199 Å². The largest absolute Gasteiger partial charge is 0.339 e. The molecule has 0 aliphatic heterocycles. The molecule has 6 nitrogen and oxygen atoms in total. The molecule has 0 N–H and O–H groups in total. The second-order valence-electron chi connectivity index (χ2n) is 7.73. The summed E-state index contributed by atoms with van der Waals surface area (Å²) in [7, 11) is 0. The van der Waals surface area contributed by atoms with Gasteiger partial charge in [0.1, 0.15) is 5.82 Å². The van der Waals surface area contributed by atoms with Crippen molar-refractivity contribution in [2.45, 2.75) is 26.2 Å². The summed E-state index contributed by atoms with van der Waals surface area (Å²) in [4.78, 5) is 24.1. The predicted octanol–water partition coefficient (Wildman–Crippen LogP) is 6.35. The molecule has 0 radical (unpaired) electrons. The number of anilines is 2. The predicted molar refractivity (Wildman–Crippen MR) is 131 cm³/mol. The van der Waals surface area contributed by atoms with Gasteiger partial charge in [-0.15, -0.1) is 0 Å². The molecule has 0 saturated heterocycles. The van der Waals surface area contributed by atoms with Gasteiger partial charge < -0.3 is 4.52 Å². The van der Waals surface area contributed by atoms with Crippen LogP contribution in [-0.2, 0) is 17.6 Å². The zero-order chi connectivity index (χ0) is 23.5. The van der Waals surface area contributed by atoms with Gasteiger partial charge in [-0.3, -0.25) is 9.69 Å². The van der Waals surface area contributed by atoms with Crippen LogP contribution in [0.4, 0.5) is 15.2 Å². The number of fused-ring (bicyclic) bond motifs is 1. The lowest BCUT2D eigenvalue weighted by Crippen LogP contribution is -2.26. The summed E-state index contributed by atoms with van der Waals surface area (Å²) >= 11 is 1.47. The SMILES string of the molecule is CCc1ccc(N(C(=O)CCc2nc(-c3ccc(F)cc3)no2)c2nc3ccccc3s2)cc1.